The maximum absolute atomic E-state index is 13.6. The zero-order valence-corrected chi connectivity index (χ0v) is 17.5. The average Bonchev–Trinajstić information content (AvgIpc) is 3.41. The molecule has 2 aromatic rings. The van der Waals surface area contributed by atoms with Crippen LogP contribution in [-0.4, -0.2) is 30.3 Å². The molecule has 3 heterocycles. The number of alkyl halides is 2. The molecular weight excluding hydrogens is 396 g/mol. The van der Waals surface area contributed by atoms with Crippen LogP contribution in [0.4, 0.5) is 14.6 Å². The van der Waals surface area contributed by atoms with Gasteiger partial charge in [-0.05, 0) is 59.1 Å². The van der Waals surface area contributed by atoms with Crippen LogP contribution in [0.3, 0.4) is 0 Å². The van der Waals surface area contributed by atoms with Crippen LogP contribution in [0.25, 0.3) is 5.57 Å². The first kappa shape index (κ1) is 20.1. The zero-order valence-electron chi connectivity index (χ0n) is 17.5. The molecule has 1 aromatic heterocycles. The minimum atomic E-state index is -2.64. The standard InChI is InChI=1S/C24H27F2N5/c1-15(19-6-9-28-30-19)17-12-20(23(25)26)29-21(13-17)31-10-7-24(8-11-31)14-16-4-2-3-5-18(16)22(24)27/h2-5,12-13,22-23,28H,1,6-11,14,27H2/t22-/m1/s1. The number of benzene rings is 1. The van der Waals surface area contributed by atoms with Crippen LogP contribution in [0.15, 0.2) is 48.1 Å². The lowest BCUT2D eigenvalue weighted by atomic mass is 9.73. The molecule has 0 radical (unpaired) electrons. The summed E-state index contributed by atoms with van der Waals surface area (Å²) in [5.41, 5.74) is 14.1. The van der Waals surface area contributed by atoms with E-state index in [2.05, 4.69) is 45.2 Å². The topological polar surface area (TPSA) is 66.5 Å². The molecule has 7 heteroatoms. The van der Waals surface area contributed by atoms with E-state index in [0.29, 0.717) is 17.0 Å². The van der Waals surface area contributed by atoms with Gasteiger partial charge in [-0.2, -0.15) is 5.10 Å². The van der Waals surface area contributed by atoms with Crippen LogP contribution in [0, 0.1) is 5.41 Å². The van der Waals surface area contributed by atoms with Gasteiger partial charge in [0.1, 0.15) is 11.5 Å². The quantitative estimate of drug-likeness (QED) is 0.773. The summed E-state index contributed by atoms with van der Waals surface area (Å²) in [6.45, 7) is 6.34. The molecule has 1 aliphatic carbocycles. The fourth-order valence-corrected chi connectivity index (χ4v) is 5.24. The summed E-state index contributed by atoms with van der Waals surface area (Å²) >= 11 is 0. The predicted octanol–water partition coefficient (Wildman–Crippen LogP) is 4.22. The van der Waals surface area contributed by atoms with Crippen molar-refractivity contribution in [1.82, 2.24) is 10.4 Å². The van der Waals surface area contributed by atoms with Gasteiger partial charge in [0.25, 0.3) is 6.43 Å². The second kappa shape index (κ2) is 7.71. The maximum atomic E-state index is 13.6. The Morgan fingerprint density at radius 1 is 1.23 bits per heavy atom. The number of anilines is 1. The van der Waals surface area contributed by atoms with Crippen LogP contribution in [0.1, 0.15) is 54.1 Å². The third-order valence-electron chi connectivity index (χ3n) is 7.12. The van der Waals surface area contributed by atoms with Crippen LogP contribution in [0.5, 0.6) is 0 Å². The van der Waals surface area contributed by atoms with Gasteiger partial charge in [-0.15, -0.1) is 0 Å². The highest BCUT2D eigenvalue weighted by Gasteiger charge is 2.45. The molecule has 0 bridgehead atoms. The molecule has 162 valence electrons. The second-order valence-electron chi connectivity index (χ2n) is 8.84. The summed E-state index contributed by atoms with van der Waals surface area (Å²) in [6.07, 6.45) is 0.916. The Morgan fingerprint density at radius 2 is 2.00 bits per heavy atom. The number of allylic oxidation sites excluding steroid dienone is 1. The second-order valence-corrected chi connectivity index (χ2v) is 8.84. The summed E-state index contributed by atoms with van der Waals surface area (Å²) in [5, 5.41) is 4.24. The summed E-state index contributed by atoms with van der Waals surface area (Å²) < 4.78 is 27.2. The van der Waals surface area contributed by atoms with Crippen molar-refractivity contribution in [3.8, 4) is 0 Å². The molecule has 1 fully saturated rings. The van der Waals surface area contributed by atoms with Gasteiger partial charge in [0.15, 0.2) is 0 Å². The fourth-order valence-electron chi connectivity index (χ4n) is 5.24. The van der Waals surface area contributed by atoms with Crippen molar-refractivity contribution in [3.05, 3.63) is 65.4 Å². The highest BCUT2D eigenvalue weighted by atomic mass is 19.3. The molecule has 2 aliphatic heterocycles. The average molecular weight is 424 g/mol. The lowest BCUT2D eigenvalue weighted by Crippen LogP contribution is -2.44. The van der Waals surface area contributed by atoms with Gasteiger partial charge in [-0.1, -0.05) is 30.8 Å². The van der Waals surface area contributed by atoms with E-state index in [-0.39, 0.29) is 17.2 Å². The number of pyridine rings is 1. The molecular formula is C24H27F2N5. The van der Waals surface area contributed by atoms with E-state index < -0.39 is 6.43 Å². The summed E-state index contributed by atoms with van der Waals surface area (Å²) in [6, 6.07) is 11.7. The number of rotatable bonds is 4. The highest BCUT2D eigenvalue weighted by molar-refractivity contribution is 6.23. The normalized spacial score (nSPS) is 21.9. The predicted molar refractivity (Wildman–Crippen MR) is 119 cm³/mol. The van der Waals surface area contributed by atoms with E-state index in [9.17, 15) is 8.78 Å². The van der Waals surface area contributed by atoms with Crippen molar-refractivity contribution < 1.29 is 8.78 Å². The Labute approximate surface area is 181 Å². The smallest absolute Gasteiger partial charge is 0.280 e. The van der Waals surface area contributed by atoms with E-state index in [1.54, 1.807) is 0 Å². The van der Waals surface area contributed by atoms with Crippen LogP contribution in [0.2, 0.25) is 0 Å². The summed E-state index contributed by atoms with van der Waals surface area (Å²) in [4.78, 5) is 6.40. The van der Waals surface area contributed by atoms with Gasteiger partial charge in [0.2, 0.25) is 0 Å². The largest absolute Gasteiger partial charge is 0.357 e. The SMILES string of the molecule is C=C(C1=NNCC1)c1cc(C(F)F)nc(N2CCC3(CC2)Cc2ccccc2[C@H]3N)c1. The third-order valence-corrected chi connectivity index (χ3v) is 7.12. The van der Waals surface area contributed by atoms with Crippen molar-refractivity contribution in [1.29, 1.82) is 0 Å². The van der Waals surface area contributed by atoms with Crippen molar-refractivity contribution in [2.24, 2.45) is 16.3 Å². The Balaban J connectivity index is 1.38. The molecule has 0 amide bonds. The molecule has 1 aromatic carbocycles. The highest BCUT2D eigenvalue weighted by Crippen LogP contribution is 2.51. The van der Waals surface area contributed by atoms with Crippen molar-refractivity contribution >= 4 is 17.1 Å². The van der Waals surface area contributed by atoms with E-state index in [1.807, 2.05) is 12.1 Å². The number of fused-ring (bicyclic) bond motifs is 1. The number of hydrogen-bond acceptors (Lipinski definition) is 5. The maximum Gasteiger partial charge on any atom is 0.280 e. The van der Waals surface area contributed by atoms with Crippen LogP contribution in [-0.2, 0) is 6.42 Å². The molecule has 0 saturated carbocycles. The first-order valence-electron chi connectivity index (χ1n) is 10.8. The number of hydrazone groups is 1. The third kappa shape index (κ3) is 3.51. The van der Waals surface area contributed by atoms with Gasteiger partial charge in [0.05, 0.1) is 5.71 Å². The first-order valence-corrected chi connectivity index (χ1v) is 10.8. The Kier molecular flexibility index (Phi) is 5.01. The van der Waals surface area contributed by atoms with E-state index in [0.717, 1.165) is 51.0 Å². The summed E-state index contributed by atoms with van der Waals surface area (Å²) in [5.74, 6) is 0.583. The lowest BCUT2D eigenvalue weighted by molar-refractivity contribution is 0.146. The molecule has 5 nitrogen and oxygen atoms in total. The Morgan fingerprint density at radius 3 is 2.68 bits per heavy atom. The molecule has 1 saturated heterocycles. The number of nitrogens with zero attached hydrogens (tertiary/aromatic N) is 3. The molecule has 1 spiro atoms. The number of hydrogen-bond donors (Lipinski definition) is 2. The molecule has 31 heavy (non-hydrogen) atoms. The van der Waals surface area contributed by atoms with Crippen LogP contribution >= 0.6 is 0 Å². The minimum Gasteiger partial charge on any atom is -0.357 e. The Hall–Kier alpha value is -2.80. The van der Waals surface area contributed by atoms with Crippen molar-refractivity contribution in [3.63, 3.8) is 0 Å². The first-order chi connectivity index (χ1) is 15.0. The number of aromatic nitrogens is 1. The molecule has 0 unspecified atom stereocenters. The minimum absolute atomic E-state index is 0.0226. The van der Waals surface area contributed by atoms with Crippen LogP contribution < -0.4 is 16.1 Å². The van der Waals surface area contributed by atoms with Crippen molar-refractivity contribution in [2.45, 2.75) is 38.2 Å². The fraction of sp³-hybridized carbons (Fsp3) is 0.417. The van der Waals surface area contributed by atoms with Crippen molar-refractivity contribution in [2.75, 3.05) is 24.5 Å². The van der Waals surface area contributed by atoms with Gasteiger partial charge in [-0.3, -0.25) is 0 Å². The van der Waals surface area contributed by atoms with E-state index in [4.69, 9.17) is 5.73 Å². The van der Waals surface area contributed by atoms with Gasteiger partial charge in [0, 0.05) is 32.1 Å². The molecule has 3 aliphatic rings. The Bertz CT molecular complexity index is 1040. The monoisotopic (exact) mass is 423 g/mol. The zero-order chi connectivity index (χ0) is 21.6. The molecule has 5 rings (SSSR count). The van der Waals surface area contributed by atoms with Gasteiger partial charge < -0.3 is 16.1 Å². The van der Waals surface area contributed by atoms with Gasteiger partial charge >= 0.3 is 0 Å². The molecule has 3 N–H and O–H groups in total. The van der Waals surface area contributed by atoms with E-state index >= 15 is 0 Å². The number of nitrogens with one attached hydrogen (secondary N) is 1. The van der Waals surface area contributed by atoms with E-state index in [1.165, 1.54) is 17.2 Å². The summed E-state index contributed by atoms with van der Waals surface area (Å²) in [7, 11) is 0. The molecule has 1 atom stereocenters. The van der Waals surface area contributed by atoms with Gasteiger partial charge in [-0.25, -0.2) is 13.8 Å². The lowest BCUT2D eigenvalue weighted by Gasteiger charge is -2.42. The number of piperidine rings is 1. The number of nitrogens with two attached hydrogens (primary N) is 1. The number of halogens is 2.